The van der Waals surface area contributed by atoms with E-state index in [-0.39, 0.29) is 24.6 Å². The quantitative estimate of drug-likeness (QED) is 0.0278. The minimum Gasteiger partial charge on any atom is -0.462 e. The van der Waals surface area contributed by atoms with E-state index < -0.39 is 0 Å². The highest BCUT2D eigenvalue weighted by atomic mass is 127. The number of carbonyl (C=O) groups is 2. The number of carbonyl (C=O) groups excluding carboxylic acids is 2. The molecule has 262 valence electrons. The van der Waals surface area contributed by atoms with E-state index in [1.807, 2.05) is 0 Å². The van der Waals surface area contributed by atoms with Crippen LogP contribution in [0.1, 0.15) is 219 Å². The van der Waals surface area contributed by atoms with Gasteiger partial charge in [-0.05, 0) is 12.8 Å². The predicted molar refractivity (Wildman–Crippen MR) is 199 cm³/mol. The molecule has 5 heteroatoms. The molecule has 0 aliphatic rings. The van der Waals surface area contributed by atoms with Gasteiger partial charge in [-0.25, -0.2) is 0 Å². The molecule has 0 fully saturated rings. The summed E-state index contributed by atoms with van der Waals surface area (Å²) in [4.78, 5) is 24.4. The molecule has 0 saturated carbocycles. The summed E-state index contributed by atoms with van der Waals surface area (Å²) in [5, 5.41) is 0. The van der Waals surface area contributed by atoms with Gasteiger partial charge >= 0.3 is 11.9 Å². The molecule has 0 aliphatic carbocycles. The zero-order valence-electron chi connectivity index (χ0n) is 29.6. The maximum atomic E-state index is 12.3. The highest BCUT2D eigenvalue weighted by Crippen LogP contribution is 2.16. The van der Waals surface area contributed by atoms with Crippen molar-refractivity contribution >= 4 is 34.5 Å². The van der Waals surface area contributed by atoms with Crippen LogP contribution in [0.25, 0.3) is 0 Å². The lowest BCUT2D eigenvalue weighted by molar-refractivity contribution is -0.157. The molecule has 0 rings (SSSR count). The predicted octanol–water partition coefficient (Wildman–Crippen LogP) is 13.4. The molecule has 0 aromatic carbocycles. The second-order valence-corrected chi connectivity index (χ2v) is 14.2. The van der Waals surface area contributed by atoms with E-state index in [1.165, 1.54) is 167 Å². The highest BCUT2D eigenvalue weighted by molar-refractivity contribution is 14.1. The number of halogens is 1. The molecule has 0 unspecified atom stereocenters. The van der Waals surface area contributed by atoms with Gasteiger partial charge in [-0.2, -0.15) is 0 Å². The van der Waals surface area contributed by atoms with Crippen molar-refractivity contribution in [3.8, 4) is 0 Å². The first kappa shape index (κ1) is 43.7. The Labute approximate surface area is 288 Å². The van der Waals surface area contributed by atoms with Crippen LogP contribution in [-0.4, -0.2) is 29.1 Å². The van der Waals surface area contributed by atoms with E-state index >= 15 is 0 Å². The summed E-state index contributed by atoms with van der Waals surface area (Å²) in [7, 11) is 0. The Morgan fingerprint density at radius 2 is 0.705 bits per heavy atom. The van der Waals surface area contributed by atoms with Gasteiger partial charge in [0.05, 0.1) is 0 Å². The minimum atomic E-state index is -0.329. The van der Waals surface area contributed by atoms with Crippen molar-refractivity contribution in [2.24, 2.45) is 0 Å². The normalized spacial score (nSPS) is 12.0. The Hall–Kier alpha value is -0.330. The van der Waals surface area contributed by atoms with Gasteiger partial charge in [-0.3, -0.25) is 9.59 Å². The smallest absolute Gasteiger partial charge is 0.306 e. The largest absolute Gasteiger partial charge is 0.462 e. The summed E-state index contributed by atoms with van der Waals surface area (Å²) in [6.07, 6.45) is 40.1. The molecule has 0 aromatic rings. The molecule has 0 radical (unpaired) electrons. The third-order valence-electron chi connectivity index (χ3n) is 8.87. The van der Waals surface area contributed by atoms with Crippen molar-refractivity contribution in [3.63, 3.8) is 0 Å². The average molecular weight is 735 g/mol. The Balaban J connectivity index is 3.49. The molecule has 0 bridgehead atoms. The summed E-state index contributed by atoms with van der Waals surface area (Å²) in [6.45, 7) is 4.74. The first-order chi connectivity index (χ1) is 21.6. The van der Waals surface area contributed by atoms with Crippen molar-refractivity contribution in [2.45, 2.75) is 225 Å². The third kappa shape index (κ3) is 34.5. The van der Waals surface area contributed by atoms with Gasteiger partial charge in [-0.15, -0.1) is 0 Å². The van der Waals surface area contributed by atoms with Crippen molar-refractivity contribution in [1.82, 2.24) is 0 Å². The Kier molecular flexibility index (Phi) is 36.9. The standard InChI is InChI=1S/C39H75IO4/c1-3-5-7-9-11-13-15-17-19-21-23-25-27-29-31-33-38(41)43-36-37(35-40)44-39(42)34-32-30-28-26-24-22-20-18-16-14-12-10-8-6-4-2/h37H,3-36H2,1-2H3/t37-/m0/s1. The topological polar surface area (TPSA) is 52.6 Å². The zero-order chi connectivity index (χ0) is 32.2. The molecular formula is C39H75IO4. The first-order valence-corrected chi connectivity index (χ1v) is 21.1. The molecule has 0 heterocycles. The van der Waals surface area contributed by atoms with Gasteiger partial charge in [0, 0.05) is 17.3 Å². The fourth-order valence-corrected chi connectivity index (χ4v) is 6.33. The number of alkyl halides is 1. The van der Waals surface area contributed by atoms with Crippen LogP contribution in [0.4, 0.5) is 0 Å². The van der Waals surface area contributed by atoms with Crippen molar-refractivity contribution < 1.29 is 19.1 Å². The number of unbranched alkanes of at least 4 members (excludes halogenated alkanes) is 28. The fraction of sp³-hybridized carbons (Fsp3) is 0.949. The van der Waals surface area contributed by atoms with Crippen LogP contribution in [0.5, 0.6) is 0 Å². The Morgan fingerprint density at radius 1 is 0.432 bits per heavy atom. The van der Waals surface area contributed by atoms with Crippen LogP contribution < -0.4 is 0 Å². The third-order valence-corrected chi connectivity index (χ3v) is 9.85. The monoisotopic (exact) mass is 734 g/mol. The lowest BCUT2D eigenvalue weighted by Crippen LogP contribution is -2.26. The first-order valence-electron chi connectivity index (χ1n) is 19.5. The second kappa shape index (κ2) is 37.1. The van der Waals surface area contributed by atoms with E-state index in [0.717, 1.165) is 25.7 Å². The van der Waals surface area contributed by atoms with Crippen LogP contribution in [0.2, 0.25) is 0 Å². The zero-order valence-corrected chi connectivity index (χ0v) is 31.8. The minimum absolute atomic E-state index is 0.153. The summed E-state index contributed by atoms with van der Waals surface area (Å²) in [5.74, 6) is -0.312. The van der Waals surface area contributed by atoms with Crippen LogP contribution in [0.15, 0.2) is 0 Å². The molecule has 44 heavy (non-hydrogen) atoms. The number of hydrogen-bond acceptors (Lipinski definition) is 4. The number of esters is 2. The molecule has 0 N–H and O–H groups in total. The summed E-state index contributed by atoms with van der Waals surface area (Å²) < 4.78 is 11.6. The van der Waals surface area contributed by atoms with Crippen LogP contribution in [-0.2, 0) is 19.1 Å². The van der Waals surface area contributed by atoms with Gasteiger partial charge in [-0.1, -0.05) is 216 Å². The molecule has 4 nitrogen and oxygen atoms in total. The SMILES string of the molecule is CCCCCCCCCCCCCCCCCC(=O)OC[C@H](CI)OC(=O)CCCCCCCCCCCCCCCCC. The molecule has 0 aromatic heterocycles. The summed E-state index contributed by atoms with van der Waals surface area (Å²) >= 11 is 2.21. The van der Waals surface area contributed by atoms with Gasteiger partial charge < -0.3 is 9.47 Å². The van der Waals surface area contributed by atoms with E-state index in [0.29, 0.717) is 17.3 Å². The van der Waals surface area contributed by atoms with Crippen molar-refractivity contribution in [2.75, 3.05) is 11.0 Å². The molecular weight excluding hydrogens is 659 g/mol. The molecule has 1 atom stereocenters. The van der Waals surface area contributed by atoms with E-state index in [4.69, 9.17) is 9.47 Å². The molecule has 0 spiro atoms. The molecule has 0 saturated heterocycles. The van der Waals surface area contributed by atoms with Crippen LogP contribution >= 0.6 is 22.6 Å². The van der Waals surface area contributed by atoms with Gasteiger partial charge in [0.2, 0.25) is 0 Å². The van der Waals surface area contributed by atoms with E-state index in [9.17, 15) is 9.59 Å². The van der Waals surface area contributed by atoms with Crippen molar-refractivity contribution in [3.05, 3.63) is 0 Å². The van der Waals surface area contributed by atoms with Crippen molar-refractivity contribution in [1.29, 1.82) is 0 Å². The number of rotatable bonds is 36. The van der Waals surface area contributed by atoms with Crippen LogP contribution in [0.3, 0.4) is 0 Å². The Bertz CT molecular complexity index is 597. The van der Waals surface area contributed by atoms with Gasteiger partial charge in [0.15, 0.2) is 0 Å². The van der Waals surface area contributed by atoms with E-state index in [1.54, 1.807) is 0 Å². The maximum absolute atomic E-state index is 12.3. The lowest BCUT2D eigenvalue weighted by Gasteiger charge is -2.15. The number of ether oxygens (including phenoxy) is 2. The summed E-state index contributed by atoms with van der Waals surface area (Å²) in [5.41, 5.74) is 0. The average Bonchev–Trinajstić information content (AvgIpc) is 3.02. The molecule has 0 amide bonds. The second-order valence-electron chi connectivity index (χ2n) is 13.3. The Morgan fingerprint density at radius 3 is 1.00 bits per heavy atom. The fourth-order valence-electron chi connectivity index (χ4n) is 5.89. The van der Waals surface area contributed by atoms with Crippen LogP contribution in [0, 0.1) is 0 Å². The van der Waals surface area contributed by atoms with Gasteiger partial charge in [0.1, 0.15) is 12.7 Å². The molecule has 0 aliphatic heterocycles. The highest BCUT2D eigenvalue weighted by Gasteiger charge is 2.15. The van der Waals surface area contributed by atoms with E-state index in [2.05, 4.69) is 36.4 Å². The number of hydrogen-bond donors (Lipinski definition) is 0. The lowest BCUT2D eigenvalue weighted by atomic mass is 10.0. The summed E-state index contributed by atoms with van der Waals surface area (Å²) in [6, 6.07) is 0. The maximum Gasteiger partial charge on any atom is 0.306 e. The van der Waals surface area contributed by atoms with Gasteiger partial charge in [0.25, 0.3) is 0 Å².